The monoisotopic (exact) mass is 267 g/mol. The minimum absolute atomic E-state index is 0.142. The third-order valence-corrected chi connectivity index (χ3v) is 3.68. The second-order valence-corrected chi connectivity index (χ2v) is 5.48. The maximum absolute atomic E-state index is 13.7. The highest BCUT2D eigenvalue weighted by Gasteiger charge is 2.26. The van der Waals surface area contributed by atoms with Crippen LogP contribution in [0.15, 0.2) is 12.1 Å². The Morgan fingerprint density at radius 3 is 2.74 bits per heavy atom. The summed E-state index contributed by atoms with van der Waals surface area (Å²) in [5.41, 5.74) is 2.16. The van der Waals surface area contributed by atoms with Gasteiger partial charge >= 0.3 is 0 Å². The van der Waals surface area contributed by atoms with Crippen LogP contribution in [0.5, 0.6) is 0 Å². The van der Waals surface area contributed by atoms with Crippen molar-refractivity contribution in [1.82, 2.24) is 0 Å². The van der Waals surface area contributed by atoms with E-state index in [9.17, 15) is 9.50 Å². The van der Waals surface area contributed by atoms with Crippen molar-refractivity contribution in [3.05, 3.63) is 29.1 Å². The van der Waals surface area contributed by atoms with Gasteiger partial charge in [0, 0.05) is 23.8 Å². The predicted molar refractivity (Wildman–Crippen MR) is 74.0 cm³/mol. The molecule has 1 saturated heterocycles. The number of hydrogen-bond donors (Lipinski definition) is 1. The van der Waals surface area contributed by atoms with Crippen LogP contribution in [0.2, 0.25) is 0 Å². The first-order chi connectivity index (χ1) is 8.90. The highest BCUT2D eigenvalue weighted by Crippen LogP contribution is 2.32. The SMILES string of the molecule is Cc1cc(N2CC(C)OCC2C)c(C(C)O)cc1F. The van der Waals surface area contributed by atoms with E-state index in [4.69, 9.17) is 4.74 Å². The maximum atomic E-state index is 13.7. The lowest BCUT2D eigenvalue weighted by Gasteiger charge is -2.40. The molecule has 1 aliphatic rings. The second kappa shape index (κ2) is 5.47. The smallest absolute Gasteiger partial charge is 0.126 e. The van der Waals surface area contributed by atoms with Gasteiger partial charge in [0.1, 0.15) is 5.82 Å². The van der Waals surface area contributed by atoms with Crippen molar-refractivity contribution in [1.29, 1.82) is 0 Å². The van der Waals surface area contributed by atoms with Crippen LogP contribution < -0.4 is 4.90 Å². The Kier molecular flexibility index (Phi) is 4.11. The standard InChI is InChI=1S/C15H22FNO2/c1-9-5-15(13(12(4)18)6-14(9)16)17-7-11(3)19-8-10(17)2/h5-6,10-12,18H,7-8H2,1-4H3. The zero-order valence-corrected chi connectivity index (χ0v) is 12.0. The molecule has 1 N–H and O–H groups in total. The summed E-state index contributed by atoms with van der Waals surface area (Å²) >= 11 is 0. The lowest BCUT2D eigenvalue weighted by molar-refractivity contribution is 0.0341. The first-order valence-corrected chi connectivity index (χ1v) is 6.76. The number of anilines is 1. The van der Waals surface area contributed by atoms with Gasteiger partial charge in [-0.2, -0.15) is 0 Å². The molecule has 1 heterocycles. The number of aliphatic hydroxyl groups is 1. The summed E-state index contributed by atoms with van der Waals surface area (Å²) in [6, 6.07) is 3.49. The molecule has 106 valence electrons. The molecule has 3 nitrogen and oxygen atoms in total. The summed E-state index contributed by atoms with van der Waals surface area (Å²) in [6.45, 7) is 8.93. The van der Waals surface area contributed by atoms with Crippen molar-refractivity contribution in [2.45, 2.75) is 45.9 Å². The second-order valence-electron chi connectivity index (χ2n) is 5.48. The van der Waals surface area contributed by atoms with Crippen LogP contribution in [0.4, 0.5) is 10.1 Å². The van der Waals surface area contributed by atoms with E-state index in [0.717, 1.165) is 12.2 Å². The Labute approximate surface area is 114 Å². The third kappa shape index (κ3) is 2.90. The number of ether oxygens (including phenoxy) is 1. The van der Waals surface area contributed by atoms with Crippen molar-refractivity contribution in [3.63, 3.8) is 0 Å². The van der Waals surface area contributed by atoms with Gasteiger partial charge in [-0.15, -0.1) is 0 Å². The van der Waals surface area contributed by atoms with Crippen LogP contribution in [0, 0.1) is 12.7 Å². The van der Waals surface area contributed by atoms with Crippen LogP contribution in [0.25, 0.3) is 0 Å². The summed E-state index contributed by atoms with van der Waals surface area (Å²) < 4.78 is 19.3. The highest BCUT2D eigenvalue weighted by atomic mass is 19.1. The molecule has 0 spiro atoms. The lowest BCUT2D eigenvalue weighted by atomic mass is 10.0. The van der Waals surface area contributed by atoms with Gasteiger partial charge in [0.05, 0.1) is 18.8 Å². The van der Waals surface area contributed by atoms with E-state index < -0.39 is 6.10 Å². The Hall–Kier alpha value is -1.13. The molecule has 0 aliphatic carbocycles. The zero-order chi connectivity index (χ0) is 14.2. The molecule has 0 aromatic heterocycles. The minimum Gasteiger partial charge on any atom is -0.389 e. The van der Waals surface area contributed by atoms with Crippen molar-refractivity contribution in [3.8, 4) is 0 Å². The van der Waals surface area contributed by atoms with Crippen LogP contribution in [-0.2, 0) is 4.74 Å². The van der Waals surface area contributed by atoms with Gasteiger partial charge in [0.25, 0.3) is 0 Å². The fourth-order valence-electron chi connectivity index (χ4n) is 2.50. The number of aryl methyl sites for hydroxylation is 1. The van der Waals surface area contributed by atoms with Crippen molar-refractivity contribution >= 4 is 5.69 Å². The molecule has 1 aromatic carbocycles. The topological polar surface area (TPSA) is 32.7 Å². The molecule has 1 aliphatic heterocycles. The third-order valence-electron chi connectivity index (χ3n) is 3.68. The Bertz CT molecular complexity index is 462. The van der Waals surface area contributed by atoms with E-state index in [1.165, 1.54) is 6.07 Å². The molecule has 1 aromatic rings. The fraction of sp³-hybridized carbons (Fsp3) is 0.600. The highest BCUT2D eigenvalue weighted by molar-refractivity contribution is 5.57. The van der Waals surface area contributed by atoms with E-state index in [-0.39, 0.29) is 18.0 Å². The summed E-state index contributed by atoms with van der Waals surface area (Å²) in [7, 11) is 0. The molecule has 3 atom stereocenters. The van der Waals surface area contributed by atoms with Gasteiger partial charge in [0.2, 0.25) is 0 Å². The number of morpholine rings is 1. The predicted octanol–water partition coefficient (Wildman–Crippen LogP) is 2.80. The molecular formula is C15H22FNO2. The molecule has 2 rings (SSSR count). The average Bonchev–Trinajstić information content (AvgIpc) is 2.35. The molecule has 3 unspecified atom stereocenters. The number of benzene rings is 1. The van der Waals surface area contributed by atoms with E-state index in [1.807, 2.05) is 13.0 Å². The average molecular weight is 267 g/mol. The molecule has 0 radical (unpaired) electrons. The Balaban J connectivity index is 2.44. The van der Waals surface area contributed by atoms with Gasteiger partial charge in [0.15, 0.2) is 0 Å². The van der Waals surface area contributed by atoms with Crippen LogP contribution in [0.3, 0.4) is 0 Å². The lowest BCUT2D eigenvalue weighted by Crippen LogP contribution is -2.47. The molecule has 1 fully saturated rings. The van der Waals surface area contributed by atoms with Gasteiger partial charge in [-0.1, -0.05) is 0 Å². The summed E-state index contributed by atoms with van der Waals surface area (Å²) in [5, 5.41) is 9.88. The van der Waals surface area contributed by atoms with Gasteiger partial charge in [-0.25, -0.2) is 4.39 Å². The quantitative estimate of drug-likeness (QED) is 0.894. The zero-order valence-electron chi connectivity index (χ0n) is 12.0. The van der Waals surface area contributed by atoms with Crippen LogP contribution >= 0.6 is 0 Å². The van der Waals surface area contributed by atoms with Gasteiger partial charge in [-0.3, -0.25) is 0 Å². The van der Waals surface area contributed by atoms with Crippen molar-refractivity contribution in [2.24, 2.45) is 0 Å². The number of aliphatic hydroxyl groups excluding tert-OH is 1. The largest absolute Gasteiger partial charge is 0.389 e. The van der Waals surface area contributed by atoms with E-state index in [0.29, 0.717) is 17.7 Å². The normalized spacial score (nSPS) is 25.5. The summed E-state index contributed by atoms with van der Waals surface area (Å²) in [5.74, 6) is -0.270. The fourth-order valence-corrected chi connectivity index (χ4v) is 2.50. The van der Waals surface area contributed by atoms with E-state index in [2.05, 4.69) is 11.8 Å². The van der Waals surface area contributed by atoms with E-state index >= 15 is 0 Å². The number of nitrogens with zero attached hydrogens (tertiary/aromatic N) is 1. The Morgan fingerprint density at radius 1 is 1.42 bits per heavy atom. The first kappa shape index (κ1) is 14.3. The molecular weight excluding hydrogens is 245 g/mol. The molecule has 0 bridgehead atoms. The molecule has 4 heteroatoms. The number of halogens is 1. The first-order valence-electron chi connectivity index (χ1n) is 6.76. The van der Waals surface area contributed by atoms with Crippen molar-refractivity contribution < 1.29 is 14.2 Å². The van der Waals surface area contributed by atoms with Gasteiger partial charge in [-0.05, 0) is 45.4 Å². The molecule has 0 saturated carbocycles. The minimum atomic E-state index is -0.685. The number of hydrogen-bond acceptors (Lipinski definition) is 3. The molecule has 0 amide bonds. The van der Waals surface area contributed by atoms with Gasteiger partial charge < -0.3 is 14.7 Å². The maximum Gasteiger partial charge on any atom is 0.126 e. The summed E-state index contributed by atoms with van der Waals surface area (Å²) in [4.78, 5) is 2.20. The summed E-state index contributed by atoms with van der Waals surface area (Å²) in [6.07, 6.45) is -0.543. The van der Waals surface area contributed by atoms with Crippen LogP contribution in [0.1, 0.15) is 38.0 Å². The Morgan fingerprint density at radius 2 is 2.11 bits per heavy atom. The van der Waals surface area contributed by atoms with Crippen LogP contribution in [-0.4, -0.2) is 30.4 Å². The van der Waals surface area contributed by atoms with Crippen molar-refractivity contribution in [2.75, 3.05) is 18.1 Å². The van der Waals surface area contributed by atoms with E-state index in [1.54, 1.807) is 13.8 Å². The number of rotatable bonds is 2. The molecule has 19 heavy (non-hydrogen) atoms.